The van der Waals surface area contributed by atoms with Crippen molar-refractivity contribution in [1.82, 2.24) is 0 Å². The third kappa shape index (κ3) is 22.5. The zero-order chi connectivity index (χ0) is 44.2. The van der Waals surface area contributed by atoms with E-state index in [2.05, 4.69) is 84.1 Å². The number of allylic oxidation sites excluding steroid dienone is 19. The van der Waals surface area contributed by atoms with Gasteiger partial charge in [0.15, 0.2) is 0 Å². The van der Waals surface area contributed by atoms with Crippen molar-refractivity contribution in [3.05, 3.63) is 119 Å². The van der Waals surface area contributed by atoms with Crippen LogP contribution in [0, 0.1) is 17.3 Å². The molecule has 0 spiro atoms. The number of hydrogen-bond donors (Lipinski definition) is 4. The van der Waals surface area contributed by atoms with Crippen LogP contribution < -0.4 is 0 Å². The molecular formula is C51H78O8. The van der Waals surface area contributed by atoms with Crippen molar-refractivity contribution < 1.29 is 39.5 Å². The molecule has 1 fully saturated rings. The minimum atomic E-state index is -1.69. The number of ether oxygens (including phenoxy) is 2. The van der Waals surface area contributed by atoms with Crippen molar-refractivity contribution in [2.75, 3.05) is 6.61 Å². The number of unbranched alkanes of at least 4 members (excludes halogenated alkanes) is 5. The Morgan fingerprint density at radius 1 is 0.797 bits per heavy atom. The van der Waals surface area contributed by atoms with Crippen molar-refractivity contribution in [3.8, 4) is 0 Å². The molecular weight excluding hydrogens is 741 g/mol. The third-order valence-electron chi connectivity index (χ3n) is 10.8. The minimum Gasteiger partial charge on any atom is -0.429 e. The van der Waals surface area contributed by atoms with Gasteiger partial charge < -0.3 is 34.7 Å². The highest BCUT2D eigenvalue weighted by atomic mass is 16.7. The van der Waals surface area contributed by atoms with E-state index in [0.29, 0.717) is 6.42 Å². The maximum Gasteiger partial charge on any atom is 0.336 e. The fraction of sp³-hybridized carbons (Fsp3) is 0.569. The molecule has 0 aliphatic carbocycles. The molecule has 0 saturated carbocycles. The second kappa shape index (κ2) is 30.4. The van der Waals surface area contributed by atoms with Crippen LogP contribution in [0.5, 0.6) is 0 Å². The largest absolute Gasteiger partial charge is 0.429 e. The summed E-state index contributed by atoms with van der Waals surface area (Å²) in [6, 6.07) is 0. The highest BCUT2D eigenvalue weighted by molar-refractivity contribution is 5.88. The predicted molar refractivity (Wildman–Crippen MR) is 243 cm³/mol. The molecule has 0 aromatic carbocycles. The molecule has 8 nitrogen and oxygen atoms in total. The van der Waals surface area contributed by atoms with E-state index in [9.17, 15) is 30.0 Å². The molecule has 1 heterocycles. The maximum absolute atomic E-state index is 12.9. The number of aliphatic hydroxyl groups is 4. The lowest BCUT2D eigenvalue weighted by atomic mass is 9.74. The van der Waals surface area contributed by atoms with E-state index in [1.165, 1.54) is 56.6 Å². The van der Waals surface area contributed by atoms with Gasteiger partial charge in [-0.1, -0.05) is 173 Å². The first-order valence-electron chi connectivity index (χ1n) is 21.7. The monoisotopic (exact) mass is 819 g/mol. The number of hydrogen-bond acceptors (Lipinski definition) is 8. The lowest BCUT2D eigenvalue weighted by Gasteiger charge is -2.39. The maximum atomic E-state index is 12.9. The average Bonchev–Trinajstić information content (AvgIpc) is 3.20. The van der Waals surface area contributed by atoms with Crippen molar-refractivity contribution in [1.29, 1.82) is 0 Å². The van der Waals surface area contributed by atoms with Crippen LogP contribution in [0.25, 0.3) is 0 Å². The number of aliphatic hydroxyl groups excluding tert-OH is 4. The van der Waals surface area contributed by atoms with Crippen molar-refractivity contribution in [3.63, 3.8) is 0 Å². The number of carbonyl (C=O) groups is 2. The summed E-state index contributed by atoms with van der Waals surface area (Å²) >= 11 is 0. The zero-order valence-corrected chi connectivity index (χ0v) is 37.7. The Balaban J connectivity index is 3.07. The molecule has 1 aliphatic heterocycles. The predicted octanol–water partition coefficient (Wildman–Crippen LogP) is 10.6. The Labute approximate surface area is 357 Å². The number of rotatable bonds is 27. The topological polar surface area (TPSA) is 134 Å². The molecule has 0 aromatic rings. The number of carbonyl (C=O) groups excluding carboxylic acids is 2. The Kier molecular flexibility index (Phi) is 27.5. The zero-order valence-electron chi connectivity index (χ0n) is 37.7. The van der Waals surface area contributed by atoms with E-state index in [4.69, 9.17) is 9.47 Å². The molecule has 0 amide bonds. The summed E-state index contributed by atoms with van der Waals surface area (Å²) in [5.41, 5.74) is 4.49. The number of esters is 1. The molecule has 59 heavy (non-hydrogen) atoms. The quantitative estimate of drug-likeness (QED) is 0.0161. The molecule has 0 bridgehead atoms. The summed E-state index contributed by atoms with van der Waals surface area (Å²) in [6.07, 6.45) is 35.6. The standard InChI is InChI=1S/C51H78O8/c1-10-39(4)25-16-14-12-11-13-15-17-33-44(36-52)51(9,35-23-32-43(8)49(57)59-50-48(56)47(55)46(54)45(37-53)58-50)34-19-18-26-40(5)28-21-30-42(7)31-22-29-41(6)27-20-24-38(2)3/h17-19,21-24,26,28-33,35-36,39,44-48,50,53-56H,10-16,20,25,27,34,37H2,1-9H3/t39?,44?,45-,46-,47+,48-,50-,51?/m1/s1. The summed E-state index contributed by atoms with van der Waals surface area (Å²) in [7, 11) is 0. The van der Waals surface area contributed by atoms with E-state index < -0.39 is 54.6 Å². The van der Waals surface area contributed by atoms with E-state index in [1.807, 2.05) is 50.3 Å². The van der Waals surface area contributed by atoms with Crippen molar-refractivity contribution in [2.24, 2.45) is 17.3 Å². The van der Waals surface area contributed by atoms with E-state index >= 15 is 0 Å². The Hall–Kier alpha value is -3.66. The molecule has 330 valence electrons. The van der Waals surface area contributed by atoms with Crippen LogP contribution in [0.4, 0.5) is 0 Å². The summed E-state index contributed by atoms with van der Waals surface area (Å²) in [6.45, 7) is 18.0. The minimum absolute atomic E-state index is 0.185. The molecule has 1 aliphatic rings. The van der Waals surface area contributed by atoms with Crippen LogP contribution in [-0.2, 0) is 19.1 Å². The Bertz CT molecular complexity index is 1550. The highest BCUT2D eigenvalue weighted by Gasteiger charge is 2.45. The Morgan fingerprint density at radius 3 is 2.08 bits per heavy atom. The number of aldehydes is 1. The van der Waals surface area contributed by atoms with Gasteiger partial charge >= 0.3 is 5.97 Å². The van der Waals surface area contributed by atoms with Crippen molar-refractivity contribution >= 4 is 12.3 Å². The molecule has 8 heteroatoms. The van der Waals surface area contributed by atoms with Crippen LogP contribution in [0.15, 0.2) is 119 Å². The van der Waals surface area contributed by atoms with Crippen LogP contribution in [-0.4, -0.2) is 70.0 Å². The fourth-order valence-electron chi connectivity index (χ4n) is 6.35. The highest BCUT2D eigenvalue weighted by Crippen LogP contribution is 2.34. The van der Waals surface area contributed by atoms with Crippen LogP contribution in [0.1, 0.15) is 133 Å². The Morgan fingerprint density at radius 2 is 1.44 bits per heavy atom. The first-order valence-corrected chi connectivity index (χ1v) is 21.7. The van der Waals surface area contributed by atoms with Gasteiger partial charge in [0.2, 0.25) is 6.29 Å². The molecule has 8 atom stereocenters. The van der Waals surface area contributed by atoms with Gasteiger partial charge in [-0.2, -0.15) is 0 Å². The second-order valence-electron chi connectivity index (χ2n) is 16.8. The molecule has 3 unspecified atom stereocenters. The SMILES string of the molecule is CCC(C)CCCCCCCC=CC(C=O)C(C)(C=CC=C(C)C(=O)O[C@H]1O[C@H](CO)[C@@H](O)[C@H](O)[C@H]1O)CC=CC=C(C)C=CC=C(C)C=CC=C(C)CCC=C(C)C. The molecule has 1 rings (SSSR count). The fourth-order valence-corrected chi connectivity index (χ4v) is 6.35. The van der Waals surface area contributed by atoms with E-state index in [-0.39, 0.29) is 5.57 Å². The summed E-state index contributed by atoms with van der Waals surface area (Å²) in [5.74, 6) is -0.432. The lowest BCUT2D eigenvalue weighted by Crippen LogP contribution is -2.59. The first kappa shape index (κ1) is 53.4. The molecule has 0 aromatic heterocycles. The van der Waals surface area contributed by atoms with E-state index in [1.54, 1.807) is 12.2 Å². The van der Waals surface area contributed by atoms with Gasteiger partial charge in [-0.15, -0.1) is 0 Å². The molecule has 0 radical (unpaired) electrons. The molecule has 1 saturated heterocycles. The van der Waals surface area contributed by atoms with Gasteiger partial charge in [0.1, 0.15) is 30.7 Å². The lowest BCUT2D eigenvalue weighted by molar-refractivity contribution is -0.291. The van der Waals surface area contributed by atoms with Gasteiger partial charge in [0, 0.05) is 16.9 Å². The van der Waals surface area contributed by atoms with E-state index in [0.717, 1.165) is 49.0 Å². The van der Waals surface area contributed by atoms with Crippen molar-refractivity contribution in [2.45, 2.75) is 164 Å². The first-order chi connectivity index (χ1) is 28.1. The summed E-state index contributed by atoms with van der Waals surface area (Å²) in [4.78, 5) is 25.5. The second-order valence-corrected chi connectivity index (χ2v) is 16.8. The summed E-state index contributed by atoms with van der Waals surface area (Å²) < 4.78 is 10.6. The van der Waals surface area contributed by atoms with Gasteiger partial charge in [-0.05, 0) is 79.6 Å². The van der Waals surface area contributed by atoms with Crippen LogP contribution in [0.3, 0.4) is 0 Å². The smallest absolute Gasteiger partial charge is 0.336 e. The van der Waals surface area contributed by atoms with Gasteiger partial charge in [-0.25, -0.2) is 4.79 Å². The normalized spacial score (nSPS) is 23.4. The summed E-state index contributed by atoms with van der Waals surface area (Å²) in [5, 5.41) is 39.9. The van der Waals surface area contributed by atoms with Gasteiger partial charge in [-0.3, -0.25) is 0 Å². The average molecular weight is 819 g/mol. The van der Waals surface area contributed by atoms with Crippen LogP contribution in [0.2, 0.25) is 0 Å². The third-order valence-corrected chi connectivity index (χ3v) is 10.8. The molecule has 4 N–H and O–H groups in total. The van der Waals surface area contributed by atoms with Crippen LogP contribution >= 0.6 is 0 Å². The van der Waals surface area contributed by atoms with Gasteiger partial charge in [0.25, 0.3) is 0 Å². The van der Waals surface area contributed by atoms with Gasteiger partial charge in [0.05, 0.1) is 6.61 Å².